The maximum atomic E-state index is 12.6. The summed E-state index contributed by atoms with van der Waals surface area (Å²) in [6.45, 7) is 1.81. The Kier molecular flexibility index (Phi) is 3.99. The number of nitrogens with zero attached hydrogens (tertiary/aromatic N) is 6. The van der Waals surface area contributed by atoms with E-state index in [9.17, 15) is 4.79 Å². The molecule has 0 radical (unpaired) electrons. The molecule has 0 bridgehead atoms. The van der Waals surface area contributed by atoms with Gasteiger partial charge in [0.1, 0.15) is 5.82 Å². The minimum atomic E-state index is 0.0332. The normalized spacial score (nSPS) is 21.1. The standard InChI is InChI=1S/C16H22N6OS/c1-20-9-12(8-17-20)15(23)21(2)13-4-3-7-22(10-13)16-18-14(19-24-16)11-5-6-11/h8-9,11,13H,3-7,10H2,1-2H3. The van der Waals surface area contributed by atoms with Crippen LogP contribution in [0.1, 0.15) is 47.8 Å². The fourth-order valence-electron chi connectivity index (χ4n) is 3.21. The average molecular weight is 346 g/mol. The Morgan fingerprint density at radius 2 is 2.21 bits per heavy atom. The summed E-state index contributed by atoms with van der Waals surface area (Å²) in [5.74, 6) is 1.63. The van der Waals surface area contributed by atoms with Gasteiger partial charge in [-0.15, -0.1) is 0 Å². The minimum Gasteiger partial charge on any atom is -0.345 e. The van der Waals surface area contributed by atoms with Gasteiger partial charge in [-0.05, 0) is 25.7 Å². The third-order valence-electron chi connectivity index (χ3n) is 4.86. The minimum absolute atomic E-state index is 0.0332. The Balaban J connectivity index is 1.44. The van der Waals surface area contributed by atoms with Gasteiger partial charge >= 0.3 is 0 Å². The van der Waals surface area contributed by atoms with Crippen molar-refractivity contribution >= 4 is 22.6 Å². The summed E-state index contributed by atoms with van der Waals surface area (Å²) in [4.78, 5) is 21.5. The number of likely N-dealkylation sites (N-methyl/N-ethyl adjacent to an activating group) is 1. The number of amides is 1. The molecule has 4 rings (SSSR count). The predicted octanol–water partition coefficient (Wildman–Crippen LogP) is 1.89. The lowest BCUT2D eigenvalue weighted by Crippen LogP contribution is -2.48. The quantitative estimate of drug-likeness (QED) is 0.846. The van der Waals surface area contributed by atoms with Gasteiger partial charge in [-0.3, -0.25) is 9.48 Å². The molecule has 1 unspecified atom stereocenters. The van der Waals surface area contributed by atoms with Crippen LogP contribution in [0.3, 0.4) is 0 Å². The van der Waals surface area contributed by atoms with E-state index in [2.05, 4.69) is 14.4 Å². The summed E-state index contributed by atoms with van der Waals surface area (Å²) in [6.07, 6.45) is 7.93. The fourth-order valence-corrected chi connectivity index (χ4v) is 3.99. The summed E-state index contributed by atoms with van der Waals surface area (Å²) in [5, 5.41) is 5.10. The molecular formula is C16H22N6OS. The van der Waals surface area contributed by atoms with E-state index in [0.717, 1.165) is 36.9 Å². The largest absolute Gasteiger partial charge is 0.345 e. The number of aryl methyl sites for hydroxylation is 1. The summed E-state index contributed by atoms with van der Waals surface area (Å²) < 4.78 is 6.17. The monoisotopic (exact) mass is 346 g/mol. The van der Waals surface area contributed by atoms with Gasteiger partial charge in [-0.2, -0.15) is 9.47 Å². The Morgan fingerprint density at radius 1 is 1.38 bits per heavy atom. The van der Waals surface area contributed by atoms with E-state index in [-0.39, 0.29) is 11.9 Å². The van der Waals surface area contributed by atoms with Crippen molar-refractivity contribution in [2.24, 2.45) is 7.05 Å². The maximum Gasteiger partial charge on any atom is 0.257 e. The molecule has 1 aliphatic heterocycles. The maximum absolute atomic E-state index is 12.6. The van der Waals surface area contributed by atoms with Gasteiger partial charge in [0.2, 0.25) is 5.13 Å². The zero-order chi connectivity index (χ0) is 16.7. The van der Waals surface area contributed by atoms with Crippen LogP contribution in [0.5, 0.6) is 0 Å². The molecule has 0 aromatic carbocycles. The lowest BCUT2D eigenvalue weighted by Gasteiger charge is -2.37. The molecule has 1 saturated heterocycles. The number of hydrogen-bond donors (Lipinski definition) is 0. The summed E-state index contributed by atoms with van der Waals surface area (Å²) in [6, 6.07) is 0.194. The molecular weight excluding hydrogens is 324 g/mol. The van der Waals surface area contributed by atoms with Gasteiger partial charge in [0, 0.05) is 56.9 Å². The first kappa shape index (κ1) is 15.6. The van der Waals surface area contributed by atoms with E-state index in [4.69, 9.17) is 4.98 Å². The summed E-state index contributed by atoms with van der Waals surface area (Å²) in [7, 11) is 3.71. The zero-order valence-corrected chi connectivity index (χ0v) is 14.9. The van der Waals surface area contributed by atoms with E-state index in [1.807, 2.05) is 19.0 Å². The lowest BCUT2D eigenvalue weighted by molar-refractivity contribution is 0.0717. The average Bonchev–Trinajstić information content (AvgIpc) is 3.17. The molecule has 1 atom stereocenters. The first-order valence-corrected chi connectivity index (χ1v) is 9.23. The molecule has 2 fully saturated rings. The Hall–Kier alpha value is -1.96. The number of carbonyl (C=O) groups is 1. The molecule has 24 heavy (non-hydrogen) atoms. The van der Waals surface area contributed by atoms with E-state index >= 15 is 0 Å². The number of aromatic nitrogens is 4. The predicted molar refractivity (Wildman–Crippen MR) is 92.4 cm³/mol. The molecule has 2 aromatic heterocycles. The van der Waals surface area contributed by atoms with Gasteiger partial charge in [-0.25, -0.2) is 4.98 Å². The molecule has 1 aliphatic carbocycles. The number of anilines is 1. The molecule has 8 heteroatoms. The third-order valence-corrected chi connectivity index (χ3v) is 5.65. The van der Waals surface area contributed by atoms with Gasteiger partial charge in [0.05, 0.1) is 11.8 Å². The SMILES string of the molecule is CN(C(=O)c1cnn(C)c1)C1CCCN(c2nc(C3CC3)ns2)C1. The van der Waals surface area contributed by atoms with E-state index in [1.165, 1.54) is 24.4 Å². The van der Waals surface area contributed by atoms with E-state index < -0.39 is 0 Å². The fraction of sp³-hybridized carbons (Fsp3) is 0.625. The topological polar surface area (TPSA) is 67.2 Å². The molecule has 128 valence electrons. The van der Waals surface area contributed by atoms with Crippen LogP contribution in [0.25, 0.3) is 0 Å². The van der Waals surface area contributed by atoms with Crippen molar-refractivity contribution in [2.75, 3.05) is 25.0 Å². The van der Waals surface area contributed by atoms with Gasteiger partial charge < -0.3 is 9.80 Å². The van der Waals surface area contributed by atoms with Crippen LogP contribution in [-0.4, -0.2) is 56.1 Å². The number of piperidine rings is 1. The van der Waals surface area contributed by atoms with Gasteiger partial charge in [-0.1, -0.05) is 0 Å². The Labute approximate surface area is 145 Å². The molecule has 0 N–H and O–H groups in total. The van der Waals surface area contributed by atoms with Crippen LogP contribution in [0.15, 0.2) is 12.4 Å². The summed E-state index contributed by atoms with van der Waals surface area (Å²) in [5.41, 5.74) is 0.643. The van der Waals surface area contributed by atoms with Crippen molar-refractivity contribution in [2.45, 2.75) is 37.6 Å². The highest BCUT2D eigenvalue weighted by molar-refractivity contribution is 7.09. The van der Waals surface area contributed by atoms with Crippen LogP contribution in [0, 0.1) is 0 Å². The van der Waals surface area contributed by atoms with Crippen molar-refractivity contribution < 1.29 is 4.79 Å². The van der Waals surface area contributed by atoms with Crippen LogP contribution < -0.4 is 4.90 Å². The van der Waals surface area contributed by atoms with Crippen LogP contribution in [-0.2, 0) is 7.05 Å². The highest BCUT2D eigenvalue weighted by Crippen LogP contribution is 2.40. The number of carbonyl (C=O) groups excluding carboxylic acids is 1. The van der Waals surface area contributed by atoms with Crippen molar-refractivity contribution in [3.63, 3.8) is 0 Å². The van der Waals surface area contributed by atoms with E-state index in [1.54, 1.807) is 17.1 Å². The first-order valence-electron chi connectivity index (χ1n) is 8.46. The van der Waals surface area contributed by atoms with Gasteiger partial charge in [0.25, 0.3) is 5.91 Å². The second kappa shape index (κ2) is 6.16. The molecule has 1 saturated carbocycles. The van der Waals surface area contributed by atoms with Crippen molar-refractivity contribution in [1.29, 1.82) is 0 Å². The molecule has 3 heterocycles. The molecule has 2 aromatic rings. The Morgan fingerprint density at radius 3 is 2.92 bits per heavy atom. The second-order valence-corrected chi connectivity index (χ2v) is 7.50. The smallest absolute Gasteiger partial charge is 0.257 e. The van der Waals surface area contributed by atoms with Crippen LogP contribution in [0.4, 0.5) is 5.13 Å². The van der Waals surface area contributed by atoms with Crippen molar-refractivity contribution in [3.05, 3.63) is 23.8 Å². The van der Waals surface area contributed by atoms with Crippen LogP contribution in [0.2, 0.25) is 0 Å². The molecule has 2 aliphatic rings. The highest BCUT2D eigenvalue weighted by atomic mass is 32.1. The number of rotatable bonds is 4. The van der Waals surface area contributed by atoms with Crippen molar-refractivity contribution in [1.82, 2.24) is 24.0 Å². The zero-order valence-electron chi connectivity index (χ0n) is 14.1. The third kappa shape index (κ3) is 3.02. The van der Waals surface area contributed by atoms with E-state index in [0.29, 0.717) is 11.5 Å². The lowest BCUT2D eigenvalue weighted by atomic mass is 10.0. The first-order chi connectivity index (χ1) is 11.6. The van der Waals surface area contributed by atoms with Crippen molar-refractivity contribution in [3.8, 4) is 0 Å². The Bertz CT molecular complexity index is 737. The highest BCUT2D eigenvalue weighted by Gasteiger charge is 2.31. The van der Waals surface area contributed by atoms with Crippen LogP contribution >= 0.6 is 11.5 Å². The molecule has 0 spiro atoms. The molecule has 1 amide bonds. The second-order valence-electron chi connectivity index (χ2n) is 6.77. The number of hydrogen-bond acceptors (Lipinski definition) is 6. The van der Waals surface area contributed by atoms with Gasteiger partial charge in [0.15, 0.2) is 0 Å². The molecule has 7 nitrogen and oxygen atoms in total. The summed E-state index contributed by atoms with van der Waals surface area (Å²) >= 11 is 1.49.